The molecular weight excluding hydrogens is 491 g/mol. The molecule has 37 heavy (non-hydrogen) atoms. The molecule has 0 unspecified atom stereocenters. The lowest BCUT2D eigenvalue weighted by atomic mass is 9.94. The van der Waals surface area contributed by atoms with E-state index >= 15 is 0 Å². The van der Waals surface area contributed by atoms with Gasteiger partial charge in [0.25, 0.3) is 8.32 Å². The van der Waals surface area contributed by atoms with Crippen molar-refractivity contribution in [3.63, 3.8) is 0 Å². The van der Waals surface area contributed by atoms with E-state index in [-0.39, 0.29) is 10.9 Å². The fraction of sp³-hybridized carbons (Fsp3) is 0.281. The molecule has 3 nitrogen and oxygen atoms in total. The molecule has 0 aliphatic rings. The van der Waals surface area contributed by atoms with Crippen LogP contribution in [0.25, 0.3) is 11.1 Å². The van der Waals surface area contributed by atoms with Crippen molar-refractivity contribution in [2.24, 2.45) is 0 Å². The van der Waals surface area contributed by atoms with Crippen molar-refractivity contribution in [3.8, 4) is 11.1 Å². The summed E-state index contributed by atoms with van der Waals surface area (Å²) in [6, 6.07) is 28.2. The maximum absolute atomic E-state index is 11.5. The van der Waals surface area contributed by atoms with Crippen molar-refractivity contribution in [2.75, 3.05) is 0 Å². The molecule has 0 saturated carbocycles. The first-order valence-electron chi connectivity index (χ1n) is 12.8. The van der Waals surface area contributed by atoms with Crippen molar-refractivity contribution < 1.29 is 9.22 Å². The normalized spacial score (nSPS) is 11.9. The van der Waals surface area contributed by atoms with Crippen molar-refractivity contribution in [2.45, 2.75) is 59.7 Å². The highest BCUT2D eigenvalue weighted by Gasteiger charge is 2.50. The summed E-state index contributed by atoms with van der Waals surface area (Å²) in [6.45, 7) is 14.0. The Balaban J connectivity index is 1.78. The summed E-state index contributed by atoms with van der Waals surface area (Å²) in [4.78, 5) is 12.7. The third kappa shape index (κ3) is 5.49. The molecule has 4 rings (SSSR count). The van der Waals surface area contributed by atoms with E-state index in [9.17, 15) is 4.79 Å². The standard InChI is InChI=1S/C32H37NO2SSi/c1-23-17-18-28(29-19-20-36-31(29)21-33-25(3)34)24(2)30(23)22-35-37(32(4,5)6,26-13-9-7-10-14-26)27-15-11-8-12-16-27/h7-20H,21-22H2,1-6H3,(H,33,34). The highest BCUT2D eigenvalue weighted by molar-refractivity contribution is 7.10. The van der Waals surface area contributed by atoms with Gasteiger partial charge in [-0.25, -0.2) is 0 Å². The quantitative estimate of drug-likeness (QED) is 0.258. The Labute approximate surface area is 226 Å². The second-order valence-electron chi connectivity index (χ2n) is 10.7. The number of rotatable bonds is 8. The zero-order valence-electron chi connectivity index (χ0n) is 22.7. The minimum Gasteiger partial charge on any atom is -0.403 e. The number of thiophene rings is 1. The van der Waals surface area contributed by atoms with E-state index in [1.165, 1.54) is 43.1 Å². The highest BCUT2D eigenvalue weighted by Crippen LogP contribution is 2.39. The molecule has 0 aliphatic heterocycles. The maximum atomic E-state index is 11.5. The molecule has 4 aromatic rings. The van der Waals surface area contributed by atoms with Crippen LogP contribution in [0, 0.1) is 13.8 Å². The Hall–Kier alpha value is -2.99. The van der Waals surface area contributed by atoms with Crippen LogP contribution in [-0.4, -0.2) is 14.2 Å². The van der Waals surface area contributed by atoms with Crippen LogP contribution >= 0.6 is 11.3 Å². The summed E-state index contributed by atoms with van der Waals surface area (Å²) in [5, 5.41) is 7.56. The summed E-state index contributed by atoms with van der Waals surface area (Å²) in [5.41, 5.74) is 6.09. The van der Waals surface area contributed by atoms with Crippen LogP contribution in [0.15, 0.2) is 84.2 Å². The van der Waals surface area contributed by atoms with Crippen molar-refractivity contribution in [1.29, 1.82) is 0 Å². The minimum atomic E-state index is -2.64. The van der Waals surface area contributed by atoms with Gasteiger partial charge in [0.05, 0.1) is 13.2 Å². The van der Waals surface area contributed by atoms with Crippen LogP contribution in [0.1, 0.15) is 49.3 Å². The van der Waals surface area contributed by atoms with Gasteiger partial charge in [-0.1, -0.05) is 93.6 Å². The Morgan fingerprint density at radius 2 is 1.46 bits per heavy atom. The van der Waals surface area contributed by atoms with E-state index in [2.05, 4.69) is 124 Å². The van der Waals surface area contributed by atoms with Crippen LogP contribution in [0.2, 0.25) is 5.04 Å². The van der Waals surface area contributed by atoms with E-state index in [0.29, 0.717) is 13.2 Å². The number of hydrogen-bond acceptors (Lipinski definition) is 3. The smallest absolute Gasteiger partial charge is 0.261 e. The molecule has 5 heteroatoms. The SMILES string of the molecule is CC(=O)NCc1sccc1-c1ccc(C)c(CO[Si](c2ccccc2)(c2ccccc2)C(C)(C)C)c1C. The van der Waals surface area contributed by atoms with Crippen LogP contribution in [0.4, 0.5) is 0 Å². The molecule has 192 valence electrons. The fourth-order valence-corrected chi connectivity index (χ4v) is 10.6. The number of carbonyl (C=O) groups is 1. The van der Waals surface area contributed by atoms with E-state index < -0.39 is 8.32 Å². The summed E-state index contributed by atoms with van der Waals surface area (Å²) in [5.74, 6) is -0.0145. The molecule has 0 bridgehead atoms. The van der Waals surface area contributed by atoms with Crippen LogP contribution in [0.3, 0.4) is 0 Å². The number of benzene rings is 3. The molecule has 0 radical (unpaired) electrons. The predicted octanol–water partition coefficient (Wildman–Crippen LogP) is 6.74. The minimum absolute atomic E-state index is 0.0145. The average molecular weight is 528 g/mol. The molecule has 1 heterocycles. The maximum Gasteiger partial charge on any atom is 0.261 e. The van der Waals surface area contributed by atoms with Gasteiger partial charge in [-0.15, -0.1) is 11.3 Å². The summed E-state index contributed by atoms with van der Waals surface area (Å²) < 4.78 is 7.28. The summed E-state index contributed by atoms with van der Waals surface area (Å²) in [6.07, 6.45) is 0. The Kier molecular flexibility index (Phi) is 8.17. The zero-order chi connectivity index (χ0) is 26.6. The van der Waals surface area contributed by atoms with Gasteiger partial charge in [0.15, 0.2) is 0 Å². The number of amides is 1. The van der Waals surface area contributed by atoms with Crippen LogP contribution < -0.4 is 15.7 Å². The van der Waals surface area contributed by atoms with Gasteiger partial charge >= 0.3 is 0 Å². The third-order valence-corrected chi connectivity index (χ3v) is 13.1. The Bertz CT molecular complexity index is 1320. The largest absolute Gasteiger partial charge is 0.403 e. The van der Waals surface area contributed by atoms with Crippen LogP contribution in [-0.2, 0) is 22.4 Å². The second kappa shape index (κ2) is 11.2. The molecule has 1 N–H and O–H groups in total. The molecule has 0 spiro atoms. The first kappa shape index (κ1) is 27.1. The molecule has 0 atom stereocenters. The van der Waals surface area contributed by atoms with E-state index in [4.69, 9.17) is 4.43 Å². The second-order valence-corrected chi connectivity index (χ2v) is 16.0. The van der Waals surface area contributed by atoms with Gasteiger partial charge < -0.3 is 9.74 Å². The van der Waals surface area contributed by atoms with Gasteiger partial charge in [0.1, 0.15) is 0 Å². The summed E-state index contributed by atoms with van der Waals surface area (Å²) in [7, 11) is -2.64. The fourth-order valence-electron chi connectivity index (χ4n) is 5.27. The number of nitrogens with one attached hydrogen (secondary N) is 1. The topological polar surface area (TPSA) is 38.3 Å². The highest BCUT2D eigenvalue weighted by atomic mass is 32.1. The van der Waals surface area contributed by atoms with Gasteiger partial charge in [0.2, 0.25) is 5.91 Å². The van der Waals surface area contributed by atoms with Gasteiger partial charge in [-0.05, 0) is 68.5 Å². The molecule has 3 aromatic carbocycles. The lowest BCUT2D eigenvalue weighted by Gasteiger charge is -2.43. The van der Waals surface area contributed by atoms with E-state index in [0.717, 1.165) is 0 Å². The molecule has 1 amide bonds. The van der Waals surface area contributed by atoms with Crippen molar-refractivity contribution in [3.05, 3.63) is 106 Å². The monoisotopic (exact) mass is 527 g/mol. The average Bonchev–Trinajstić information content (AvgIpc) is 3.33. The Morgan fingerprint density at radius 3 is 2.00 bits per heavy atom. The van der Waals surface area contributed by atoms with Crippen molar-refractivity contribution in [1.82, 2.24) is 5.32 Å². The third-order valence-electron chi connectivity index (χ3n) is 7.22. The zero-order valence-corrected chi connectivity index (χ0v) is 24.5. The lowest BCUT2D eigenvalue weighted by Crippen LogP contribution is -2.66. The van der Waals surface area contributed by atoms with E-state index in [1.807, 2.05) is 0 Å². The first-order valence-corrected chi connectivity index (χ1v) is 15.6. The lowest BCUT2D eigenvalue weighted by molar-refractivity contribution is -0.119. The number of carbonyl (C=O) groups excluding carboxylic acids is 1. The van der Waals surface area contributed by atoms with Gasteiger partial charge in [0, 0.05) is 11.8 Å². The van der Waals surface area contributed by atoms with Gasteiger partial charge in [-0.2, -0.15) is 0 Å². The number of hydrogen-bond donors (Lipinski definition) is 1. The van der Waals surface area contributed by atoms with Gasteiger partial charge in [-0.3, -0.25) is 4.79 Å². The molecule has 0 aliphatic carbocycles. The summed E-state index contributed by atoms with van der Waals surface area (Å²) >= 11 is 1.68. The van der Waals surface area contributed by atoms with E-state index in [1.54, 1.807) is 18.3 Å². The predicted molar refractivity (Wildman–Crippen MR) is 159 cm³/mol. The molecule has 0 fully saturated rings. The number of aryl methyl sites for hydroxylation is 1. The van der Waals surface area contributed by atoms with Crippen LogP contribution in [0.5, 0.6) is 0 Å². The van der Waals surface area contributed by atoms with Crippen molar-refractivity contribution >= 4 is 35.9 Å². The first-order chi connectivity index (χ1) is 17.6. The molecule has 0 saturated heterocycles. The Morgan fingerprint density at radius 1 is 0.865 bits per heavy atom. The molecular formula is C32H37NO2SSi. The molecule has 1 aromatic heterocycles.